The quantitative estimate of drug-likeness (QED) is 0.754. The standard InChI is InChI=1S/C12H26N2/c1-5-12(4,6-2)14-8-7-11(13)9-10(14)3/h10-11H,5-9,13H2,1-4H3. The molecule has 1 aliphatic heterocycles. The van der Waals surface area contributed by atoms with E-state index in [0.717, 1.165) is 6.42 Å². The molecule has 0 saturated carbocycles. The van der Waals surface area contributed by atoms with Crippen LogP contribution in [0, 0.1) is 0 Å². The van der Waals surface area contributed by atoms with Gasteiger partial charge in [0, 0.05) is 24.2 Å². The molecule has 14 heavy (non-hydrogen) atoms. The second kappa shape index (κ2) is 4.63. The Labute approximate surface area is 88.8 Å². The summed E-state index contributed by atoms with van der Waals surface area (Å²) in [5.41, 5.74) is 6.38. The van der Waals surface area contributed by atoms with Crippen molar-refractivity contribution in [3.8, 4) is 0 Å². The summed E-state index contributed by atoms with van der Waals surface area (Å²) < 4.78 is 0. The summed E-state index contributed by atoms with van der Waals surface area (Å²) in [5.74, 6) is 0. The molecule has 0 aromatic rings. The van der Waals surface area contributed by atoms with Gasteiger partial charge in [-0.25, -0.2) is 0 Å². The van der Waals surface area contributed by atoms with Crippen LogP contribution in [0.25, 0.3) is 0 Å². The molecule has 2 heteroatoms. The molecule has 2 nitrogen and oxygen atoms in total. The first-order chi connectivity index (χ1) is 6.53. The molecule has 0 aromatic carbocycles. The summed E-state index contributed by atoms with van der Waals surface area (Å²) in [6.07, 6.45) is 4.81. The smallest absolute Gasteiger partial charge is 0.0179 e. The molecule has 2 N–H and O–H groups in total. The van der Waals surface area contributed by atoms with Gasteiger partial charge in [0.1, 0.15) is 0 Å². The van der Waals surface area contributed by atoms with Gasteiger partial charge in [0.05, 0.1) is 0 Å². The first-order valence-electron chi connectivity index (χ1n) is 6.05. The van der Waals surface area contributed by atoms with Crippen LogP contribution in [0.5, 0.6) is 0 Å². The summed E-state index contributed by atoms with van der Waals surface area (Å²) in [6.45, 7) is 10.5. The summed E-state index contributed by atoms with van der Waals surface area (Å²) in [5, 5.41) is 0. The van der Waals surface area contributed by atoms with Crippen molar-refractivity contribution >= 4 is 0 Å². The molecule has 0 aliphatic carbocycles. The van der Waals surface area contributed by atoms with Crippen LogP contribution >= 0.6 is 0 Å². The lowest BCUT2D eigenvalue weighted by molar-refractivity contribution is 0.0248. The van der Waals surface area contributed by atoms with Gasteiger partial charge in [-0.05, 0) is 39.5 Å². The first-order valence-corrected chi connectivity index (χ1v) is 6.05. The lowest BCUT2D eigenvalue weighted by Gasteiger charge is -2.48. The average molecular weight is 198 g/mol. The van der Waals surface area contributed by atoms with E-state index in [4.69, 9.17) is 5.73 Å². The molecule has 0 bridgehead atoms. The molecule has 0 amide bonds. The lowest BCUT2D eigenvalue weighted by atomic mass is 9.87. The summed E-state index contributed by atoms with van der Waals surface area (Å²) >= 11 is 0. The minimum absolute atomic E-state index is 0.388. The molecule has 1 saturated heterocycles. The van der Waals surface area contributed by atoms with E-state index < -0.39 is 0 Å². The van der Waals surface area contributed by atoms with E-state index in [1.165, 1.54) is 25.8 Å². The molecule has 2 atom stereocenters. The van der Waals surface area contributed by atoms with Gasteiger partial charge >= 0.3 is 0 Å². The fourth-order valence-corrected chi connectivity index (χ4v) is 2.67. The first kappa shape index (κ1) is 12.0. The third-order valence-corrected chi connectivity index (χ3v) is 4.13. The van der Waals surface area contributed by atoms with Gasteiger partial charge in [-0.15, -0.1) is 0 Å². The van der Waals surface area contributed by atoms with Crippen LogP contribution in [0.1, 0.15) is 53.4 Å². The molecule has 0 aromatic heterocycles. The number of nitrogens with two attached hydrogens (primary N) is 1. The minimum atomic E-state index is 0.388. The van der Waals surface area contributed by atoms with E-state index in [0.29, 0.717) is 17.6 Å². The monoisotopic (exact) mass is 198 g/mol. The van der Waals surface area contributed by atoms with Gasteiger partial charge in [-0.1, -0.05) is 13.8 Å². The van der Waals surface area contributed by atoms with E-state index in [1.54, 1.807) is 0 Å². The molecule has 2 unspecified atom stereocenters. The van der Waals surface area contributed by atoms with Crippen LogP contribution in [-0.4, -0.2) is 29.1 Å². The van der Waals surface area contributed by atoms with Gasteiger partial charge in [0.15, 0.2) is 0 Å². The van der Waals surface area contributed by atoms with Crippen LogP contribution in [0.15, 0.2) is 0 Å². The predicted molar refractivity (Wildman–Crippen MR) is 62.4 cm³/mol. The SMILES string of the molecule is CCC(C)(CC)N1CCC(N)CC1C. The molecular weight excluding hydrogens is 172 g/mol. The number of nitrogens with zero attached hydrogens (tertiary/aromatic N) is 1. The normalized spacial score (nSPS) is 30.6. The second-order valence-electron chi connectivity index (χ2n) is 5.03. The molecule has 0 spiro atoms. The van der Waals surface area contributed by atoms with Crippen LogP contribution in [0.3, 0.4) is 0 Å². The van der Waals surface area contributed by atoms with Gasteiger partial charge in [-0.3, -0.25) is 4.90 Å². The lowest BCUT2D eigenvalue weighted by Crippen LogP contribution is -2.55. The maximum absolute atomic E-state index is 5.99. The van der Waals surface area contributed by atoms with Gasteiger partial charge in [-0.2, -0.15) is 0 Å². The third kappa shape index (κ3) is 2.29. The van der Waals surface area contributed by atoms with Crippen molar-refractivity contribution < 1.29 is 0 Å². The number of hydrogen-bond donors (Lipinski definition) is 1. The van der Waals surface area contributed by atoms with Crippen LogP contribution in [0.4, 0.5) is 0 Å². The molecule has 0 radical (unpaired) electrons. The van der Waals surface area contributed by atoms with Crippen molar-refractivity contribution in [2.24, 2.45) is 5.73 Å². The zero-order valence-corrected chi connectivity index (χ0v) is 10.2. The Hall–Kier alpha value is -0.0800. The largest absolute Gasteiger partial charge is 0.328 e. The number of rotatable bonds is 3. The highest BCUT2D eigenvalue weighted by molar-refractivity contribution is 4.91. The summed E-state index contributed by atoms with van der Waals surface area (Å²) in [4.78, 5) is 2.66. The maximum atomic E-state index is 5.99. The fraction of sp³-hybridized carbons (Fsp3) is 1.00. The molecule has 84 valence electrons. The Bertz CT molecular complexity index is 175. The van der Waals surface area contributed by atoms with Crippen LogP contribution in [0.2, 0.25) is 0 Å². The highest BCUT2D eigenvalue weighted by atomic mass is 15.2. The number of piperidine rings is 1. The Kier molecular flexibility index (Phi) is 3.96. The van der Waals surface area contributed by atoms with Crippen molar-refractivity contribution in [3.05, 3.63) is 0 Å². The third-order valence-electron chi connectivity index (χ3n) is 4.13. The van der Waals surface area contributed by atoms with Gasteiger partial charge in [0.25, 0.3) is 0 Å². The molecule has 1 aliphatic rings. The predicted octanol–water partition coefficient (Wildman–Crippen LogP) is 2.38. The topological polar surface area (TPSA) is 29.3 Å². The summed E-state index contributed by atoms with van der Waals surface area (Å²) in [6, 6.07) is 1.09. The highest BCUT2D eigenvalue weighted by Gasteiger charge is 2.34. The Morgan fingerprint density at radius 2 is 1.93 bits per heavy atom. The van der Waals surface area contributed by atoms with E-state index in [-0.39, 0.29) is 0 Å². The highest BCUT2D eigenvalue weighted by Crippen LogP contribution is 2.30. The number of hydrogen-bond acceptors (Lipinski definition) is 2. The Balaban J connectivity index is 2.67. The van der Waals surface area contributed by atoms with Crippen molar-refractivity contribution in [3.63, 3.8) is 0 Å². The molecule has 1 heterocycles. The van der Waals surface area contributed by atoms with Crippen molar-refractivity contribution in [1.29, 1.82) is 0 Å². The second-order valence-corrected chi connectivity index (χ2v) is 5.03. The average Bonchev–Trinajstić information content (AvgIpc) is 2.17. The van der Waals surface area contributed by atoms with Crippen LogP contribution < -0.4 is 5.73 Å². The fourth-order valence-electron chi connectivity index (χ4n) is 2.67. The van der Waals surface area contributed by atoms with Crippen molar-refractivity contribution in [1.82, 2.24) is 4.90 Å². The van der Waals surface area contributed by atoms with E-state index in [1.807, 2.05) is 0 Å². The van der Waals surface area contributed by atoms with Gasteiger partial charge < -0.3 is 5.73 Å². The maximum Gasteiger partial charge on any atom is 0.0179 e. The Morgan fingerprint density at radius 3 is 2.36 bits per heavy atom. The van der Waals surface area contributed by atoms with Gasteiger partial charge in [0.2, 0.25) is 0 Å². The molecule has 1 rings (SSSR count). The zero-order chi connectivity index (χ0) is 10.8. The summed E-state index contributed by atoms with van der Waals surface area (Å²) in [7, 11) is 0. The zero-order valence-electron chi connectivity index (χ0n) is 10.2. The Morgan fingerprint density at radius 1 is 1.36 bits per heavy atom. The van der Waals surface area contributed by atoms with E-state index >= 15 is 0 Å². The van der Waals surface area contributed by atoms with Crippen LogP contribution in [-0.2, 0) is 0 Å². The number of likely N-dealkylation sites (tertiary alicyclic amines) is 1. The van der Waals surface area contributed by atoms with Crippen molar-refractivity contribution in [2.75, 3.05) is 6.54 Å². The minimum Gasteiger partial charge on any atom is -0.328 e. The van der Waals surface area contributed by atoms with Crippen molar-refractivity contribution in [2.45, 2.75) is 71.0 Å². The van der Waals surface area contributed by atoms with E-state index in [2.05, 4.69) is 32.6 Å². The van der Waals surface area contributed by atoms with E-state index in [9.17, 15) is 0 Å². The molecule has 1 fully saturated rings. The molecular formula is C12H26N2.